The van der Waals surface area contributed by atoms with E-state index in [1.807, 2.05) is 5.38 Å². The monoisotopic (exact) mass is 295 g/mol. The van der Waals surface area contributed by atoms with Gasteiger partial charge in [0.25, 0.3) is 5.91 Å². The van der Waals surface area contributed by atoms with Crippen LogP contribution in [0.2, 0.25) is 0 Å². The van der Waals surface area contributed by atoms with E-state index >= 15 is 0 Å². The van der Waals surface area contributed by atoms with E-state index in [1.165, 1.54) is 21.1 Å². The smallest absolute Gasteiger partial charge is 0.264 e. The van der Waals surface area contributed by atoms with Gasteiger partial charge >= 0.3 is 0 Å². The summed E-state index contributed by atoms with van der Waals surface area (Å²) in [5.74, 6) is -0.543. The number of rotatable bonds is 3. The molecule has 20 heavy (non-hydrogen) atoms. The molecule has 1 atom stereocenters. The van der Waals surface area contributed by atoms with Crippen LogP contribution in [0.3, 0.4) is 0 Å². The number of hydrogen-bond donors (Lipinski definition) is 1. The summed E-state index contributed by atoms with van der Waals surface area (Å²) in [6.45, 7) is 2.60. The Morgan fingerprint density at radius 2 is 2.30 bits per heavy atom. The van der Waals surface area contributed by atoms with Crippen LogP contribution in [0.1, 0.15) is 16.6 Å². The molecule has 6 nitrogen and oxygen atoms in total. The molecule has 108 valence electrons. The Labute approximate surface area is 121 Å². The van der Waals surface area contributed by atoms with Crippen LogP contribution in [0.25, 0.3) is 0 Å². The van der Waals surface area contributed by atoms with E-state index in [0.717, 1.165) is 0 Å². The van der Waals surface area contributed by atoms with Gasteiger partial charge in [0.15, 0.2) is 0 Å². The Kier molecular flexibility index (Phi) is 4.39. The molecule has 1 aliphatic heterocycles. The Balaban J connectivity index is 1.97. The third-order valence-corrected chi connectivity index (χ3v) is 4.13. The van der Waals surface area contributed by atoms with Crippen LogP contribution < -0.4 is 5.32 Å². The van der Waals surface area contributed by atoms with Gasteiger partial charge in [-0.25, -0.2) is 0 Å². The lowest BCUT2D eigenvalue weighted by Crippen LogP contribution is -2.57. The van der Waals surface area contributed by atoms with Gasteiger partial charge in [-0.1, -0.05) is 6.07 Å². The normalized spacial score (nSPS) is 18.6. The zero-order chi connectivity index (χ0) is 14.7. The summed E-state index contributed by atoms with van der Waals surface area (Å²) in [7, 11) is 1.59. The van der Waals surface area contributed by atoms with Crippen molar-refractivity contribution in [3.05, 3.63) is 22.4 Å². The van der Waals surface area contributed by atoms with Gasteiger partial charge < -0.3 is 15.1 Å². The molecule has 1 aromatic heterocycles. The van der Waals surface area contributed by atoms with E-state index in [2.05, 4.69) is 5.32 Å². The minimum atomic E-state index is -0.485. The summed E-state index contributed by atoms with van der Waals surface area (Å²) in [5.41, 5.74) is 0. The molecule has 7 heteroatoms. The first kappa shape index (κ1) is 14.5. The molecule has 1 unspecified atom stereocenters. The summed E-state index contributed by atoms with van der Waals surface area (Å²) < 4.78 is 0. The van der Waals surface area contributed by atoms with Gasteiger partial charge in [-0.05, 0) is 18.4 Å². The first-order valence-corrected chi connectivity index (χ1v) is 7.25. The van der Waals surface area contributed by atoms with E-state index in [4.69, 9.17) is 0 Å². The minimum Gasteiger partial charge on any atom is -0.353 e. The number of nitrogens with one attached hydrogen (secondary N) is 1. The number of carbonyl (C=O) groups excluding carboxylic acids is 3. The lowest BCUT2D eigenvalue weighted by Gasteiger charge is -2.33. The predicted octanol–water partition coefficient (Wildman–Crippen LogP) is 0.167. The van der Waals surface area contributed by atoms with Crippen molar-refractivity contribution in [2.75, 3.05) is 26.7 Å². The molecule has 2 heterocycles. The summed E-state index contributed by atoms with van der Waals surface area (Å²) in [6, 6.07) is 3.04. The Bertz CT molecular complexity index is 515. The van der Waals surface area contributed by atoms with Crippen LogP contribution >= 0.6 is 11.3 Å². The highest BCUT2D eigenvalue weighted by atomic mass is 32.1. The molecular formula is C13H17N3O3S. The lowest BCUT2D eigenvalue weighted by atomic mass is 10.2. The third kappa shape index (κ3) is 2.98. The second kappa shape index (κ2) is 6.04. The Morgan fingerprint density at radius 3 is 2.95 bits per heavy atom. The largest absolute Gasteiger partial charge is 0.353 e. The zero-order valence-corrected chi connectivity index (χ0v) is 12.3. The second-order valence-electron chi connectivity index (χ2n) is 4.69. The fourth-order valence-corrected chi connectivity index (χ4v) is 2.79. The molecule has 0 aliphatic carbocycles. The quantitative estimate of drug-likeness (QED) is 0.864. The van der Waals surface area contributed by atoms with Gasteiger partial charge in [-0.3, -0.25) is 14.4 Å². The molecule has 0 bridgehead atoms. The maximum Gasteiger partial charge on any atom is 0.264 e. The summed E-state index contributed by atoms with van der Waals surface area (Å²) in [6.07, 6.45) is 0. The van der Waals surface area contributed by atoms with Crippen LogP contribution in [0, 0.1) is 0 Å². The number of likely N-dealkylation sites (N-methyl/N-ethyl adjacent to an activating group) is 1. The van der Waals surface area contributed by atoms with Crippen LogP contribution in [-0.2, 0) is 9.59 Å². The van der Waals surface area contributed by atoms with E-state index in [1.54, 1.807) is 26.1 Å². The molecule has 0 spiro atoms. The van der Waals surface area contributed by atoms with Crippen LogP contribution in [-0.4, -0.2) is 60.2 Å². The maximum atomic E-state index is 12.2. The van der Waals surface area contributed by atoms with Crippen molar-refractivity contribution in [1.82, 2.24) is 15.1 Å². The van der Waals surface area contributed by atoms with Crippen LogP contribution in [0.5, 0.6) is 0 Å². The topological polar surface area (TPSA) is 69.7 Å². The highest BCUT2D eigenvalue weighted by molar-refractivity contribution is 7.12. The first-order valence-electron chi connectivity index (χ1n) is 6.37. The van der Waals surface area contributed by atoms with Crippen molar-refractivity contribution in [2.24, 2.45) is 0 Å². The SMILES string of the molecule is CC1C(=O)NCCN1C(=O)CN(C)C(=O)c1cccs1. The summed E-state index contributed by atoms with van der Waals surface area (Å²) in [4.78, 5) is 39.3. The Hall–Kier alpha value is -1.89. The van der Waals surface area contributed by atoms with Crippen molar-refractivity contribution < 1.29 is 14.4 Å². The average Bonchev–Trinajstić information content (AvgIpc) is 2.94. The number of amides is 3. The van der Waals surface area contributed by atoms with Gasteiger partial charge in [-0.15, -0.1) is 11.3 Å². The summed E-state index contributed by atoms with van der Waals surface area (Å²) >= 11 is 1.34. The molecule has 1 saturated heterocycles. The van der Waals surface area contributed by atoms with E-state index in [-0.39, 0.29) is 24.3 Å². The molecule has 1 aromatic rings. The third-order valence-electron chi connectivity index (χ3n) is 3.27. The minimum absolute atomic E-state index is 0.0195. The lowest BCUT2D eigenvalue weighted by molar-refractivity contribution is -0.142. The second-order valence-corrected chi connectivity index (χ2v) is 5.64. The van der Waals surface area contributed by atoms with Gasteiger partial charge in [0.2, 0.25) is 11.8 Å². The van der Waals surface area contributed by atoms with Crippen molar-refractivity contribution in [3.8, 4) is 0 Å². The predicted molar refractivity (Wildman–Crippen MR) is 75.5 cm³/mol. The fourth-order valence-electron chi connectivity index (χ4n) is 2.08. The van der Waals surface area contributed by atoms with Crippen molar-refractivity contribution in [3.63, 3.8) is 0 Å². The van der Waals surface area contributed by atoms with Gasteiger partial charge in [0.1, 0.15) is 6.04 Å². The highest BCUT2D eigenvalue weighted by Gasteiger charge is 2.30. The van der Waals surface area contributed by atoms with Gasteiger partial charge in [-0.2, -0.15) is 0 Å². The number of carbonyl (C=O) groups is 3. The number of piperazine rings is 1. The van der Waals surface area contributed by atoms with E-state index in [0.29, 0.717) is 18.0 Å². The van der Waals surface area contributed by atoms with Crippen LogP contribution in [0.15, 0.2) is 17.5 Å². The van der Waals surface area contributed by atoms with Crippen molar-refractivity contribution in [1.29, 1.82) is 0 Å². The molecule has 0 saturated carbocycles. The zero-order valence-electron chi connectivity index (χ0n) is 11.5. The molecule has 1 aliphatic rings. The molecule has 2 rings (SSSR count). The van der Waals surface area contributed by atoms with Gasteiger partial charge in [0, 0.05) is 20.1 Å². The molecule has 0 radical (unpaired) electrons. The molecule has 0 aromatic carbocycles. The molecule has 3 amide bonds. The molecular weight excluding hydrogens is 278 g/mol. The van der Waals surface area contributed by atoms with Crippen LogP contribution in [0.4, 0.5) is 0 Å². The fraction of sp³-hybridized carbons (Fsp3) is 0.462. The first-order chi connectivity index (χ1) is 9.50. The number of hydrogen-bond acceptors (Lipinski definition) is 4. The van der Waals surface area contributed by atoms with Gasteiger partial charge in [0.05, 0.1) is 11.4 Å². The number of thiophene rings is 1. The molecule has 1 N–H and O–H groups in total. The van der Waals surface area contributed by atoms with E-state index < -0.39 is 6.04 Å². The Morgan fingerprint density at radius 1 is 1.55 bits per heavy atom. The van der Waals surface area contributed by atoms with Crippen molar-refractivity contribution >= 4 is 29.1 Å². The van der Waals surface area contributed by atoms with Crippen molar-refractivity contribution in [2.45, 2.75) is 13.0 Å². The average molecular weight is 295 g/mol. The van der Waals surface area contributed by atoms with E-state index in [9.17, 15) is 14.4 Å². The summed E-state index contributed by atoms with van der Waals surface area (Å²) in [5, 5.41) is 4.52. The standard InChI is InChI=1S/C13H17N3O3S/c1-9-12(18)14-5-6-16(9)11(17)8-15(2)13(19)10-4-3-7-20-10/h3-4,7,9H,5-6,8H2,1-2H3,(H,14,18). The highest BCUT2D eigenvalue weighted by Crippen LogP contribution is 2.12. The molecule has 1 fully saturated rings. The number of nitrogens with zero attached hydrogens (tertiary/aromatic N) is 2. The maximum absolute atomic E-state index is 12.2.